The number of benzene rings is 4. The van der Waals surface area contributed by atoms with Gasteiger partial charge in [0.15, 0.2) is 0 Å². The van der Waals surface area contributed by atoms with Gasteiger partial charge in [0.25, 0.3) is 0 Å². The van der Waals surface area contributed by atoms with E-state index >= 15 is 0 Å². The van der Waals surface area contributed by atoms with Gasteiger partial charge in [-0.1, -0.05) is 74.5 Å². The second kappa shape index (κ2) is 6.45. The highest BCUT2D eigenvalue weighted by atomic mass is 14.7. The van der Waals surface area contributed by atoms with Crippen molar-refractivity contribution in [2.75, 3.05) is 0 Å². The van der Waals surface area contributed by atoms with E-state index < -0.39 is 12.7 Å². The van der Waals surface area contributed by atoms with Crippen LogP contribution in [0.15, 0.2) is 79.0 Å². The van der Waals surface area contributed by atoms with Crippen molar-refractivity contribution < 1.29 is 5.48 Å². The van der Waals surface area contributed by atoms with Gasteiger partial charge in [-0.2, -0.15) is 0 Å². The molecule has 0 unspecified atom stereocenters. The Bertz CT molecular complexity index is 1460. The molecule has 0 spiro atoms. The summed E-state index contributed by atoms with van der Waals surface area (Å²) in [6.07, 6.45) is 1.41. The third-order valence-electron chi connectivity index (χ3n) is 5.48. The number of nitrogens with zero attached hydrogens (tertiary/aromatic N) is 1. The monoisotopic (exact) mass is 365 g/mol. The molecule has 4 aromatic carbocycles. The SMILES string of the molecule is [2H]C([2H])([2H])c1cnc(-c2ccc3c4ccccc4c4ccccc4c3c2)cc1C([2H])(C)C. The zero-order valence-corrected chi connectivity index (χ0v) is 16.0. The van der Waals surface area contributed by atoms with Crippen molar-refractivity contribution in [3.8, 4) is 11.3 Å². The Morgan fingerprint density at radius 3 is 1.89 bits per heavy atom. The minimum atomic E-state index is -2.31. The quantitative estimate of drug-likeness (QED) is 0.293. The van der Waals surface area contributed by atoms with Crippen LogP contribution in [0.5, 0.6) is 0 Å². The van der Waals surface area contributed by atoms with Crippen LogP contribution in [0.2, 0.25) is 0 Å². The lowest BCUT2D eigenvalue weighted by atomic mass is 9.92. The van der Waals surface area contributed by atoms with Crippen LogP contribution < -0.4 is 0 Å². The van der Waals surface area contributed by atoms with Gasteiger partial charge in [-0.15, -0.1) is 0 Å². The first-order chi connectivity index (χ1) is 15.1. The molecule has 5 rings (SSSR count). The number of pyridine rings is 1. The summed E-state index contributed by atoms with van der Waals surface area (Å²) in [6.45, 7) is 1.11. The lowest BCUT2D eigenvalue weighted by Crippen LogP contribution is -1.95. The van der Waals surface area contributed by atoms with Crippen LogP contribution in [0.4, 0.5) is 0 Å². The highest BCUT2D eigenvalue weighted by Crippen LogP contribution is 2.37. The van der Waals surface area contributed by atoms with Crippen LogP contribution in [0.3, 0.4) is 0 Å². The molecule has 0 aliphatic rings. The average molecular weight is 366 g/mol. The first-order valence-corrected chi connectivity index (χ1v) is 9.49. The molecule has 0 bridgehead atoms. The largest absolute Gasteiger partial charge is 0.256 e. The van der Waals surface area contributed by atoms with Gasteiger partial charge >= 0.3 is 0 Å². The van der Waals surface area contributed by atoms with Gasteiger partial charge in [0.2, 0.25) is 0 Å². The maximum absolute atomic E-state index is 8.50. The Morgan fingerprint density at radius 2 is 1.32 bits per heavy atom. The first kappa shape index (κ1) is 13.1. The molecule has 0 N–H and O–H groups in total. The number of hydrogen-bond acceptors (Lipinski definition) is 1. The van der Waals surface area contributed by atoms with Gasteiger partial charge in [0.1, 0.15) is 0 Å². The summed E-state index contributed by atoms with van der Waals surface area (Å²) in [6, 6.07) is 24.8. The van der Waals surface area contributed by atoms with E-state index in [0.717, 1.165) is 10.9 Å². The van der Waals surface area contributed by atoms with Gasteiger partial charge in [-0.25, -0.2) is 0 Å². The normalized spacial score (nSPS) is 14.6. The average Bonchev–Trinajstić information content (AvgIpc) is 2.77. The van der Waals surface area contributed by atoms with E-state index in [2.05, 4.69) is 59.6 Å². The van der Waals surface area contributed by atoms with Crippen molar-refractivity contribution in [3.05, 3.63) is 90.1 Å². The maximum Gasteiger partial charge on any atom is 0.0705 e. The molecule has 5 aromatic rings. The van der Waals surface area contributed by atoms with Crippen molar-refractivity contribution in [1.82, 2.24) is 4.98 Å². The lowest BCUT2D eigenvalue weighted by molar-refractivity contribution is 0.852. The zero-order valence-electron chi connectivity index (χ0n) is 20.0. The summed E-state index contributed by atoms with van der Waals surface area (Å²) in [5.41, 5.74) is 2.19. The van der Waals surface area contributed by atoms with E-state index in [9.17, 15) is 0 Å². The molecule has 0 aliphatic carbocycles. The molecule has 1 nitrogen and oxygen atoms in total. The predicted octanol–water partition coefficient (Wildman–Crippen LogP) is 7.64. The summed E-state index contributed by atoms with van der Waals surface area (Å²) in [5, 5.41) is 7.09. The highest BCUT2D eigenvalue weighted by Gasteiger charge is 2.11. The number of fused-ring (bicyclic) bond motifs is 6. The van der Waals surface area contributed by atoms with E-state index in [1.54, 1.807) is 19.9 Å². The smallest absolute Gasteiger partial charge is 0.0705 e. The summed E-state index contributed by atoms with van der Waals surface area (Å²) < 4.78 is 32.1. The number of aromatic nitrogens is 1. The molecular weight excluding hydrogens is 338 g/mol. The van der Waals surface area contributed by atoms with Gasteiger partial charge in [0.05, 0.1) is 5.69 Å². The predicted molar refractivity (Wildman–Crippen MR) is 121 cm³/mol. The van der Waals surface area contributed by atoms with Crippen LogP contribution in [0.25, 0.3) is 43.6 Å². The van der Waals surface area contributed by atoms with Gasteiger partial charge in [-0.3, -0.25) is 4.98 Å². The molecule has 28 heavy (non-hydrogen) atoms. The van der Waals surface area contributed by atoms with Crippen LogP contribution in [0, 0.1) is 6.85 Å². The third-order valence-corrected chi connectivity index (χ3v) is 5.48. The molecule has 0 aliphatic heterocycles. The standard InChI is InChI=1S/C27H23N/c1-17(2)25-15-27(28-16-18(25)3)19-12-13-24-22-10-5-4-8-20(22)21-9-6-7-11-23(21)26(24)14-19/h4-17H,1-3H3/i3D3,17D. The zero-order chi connectivity index (χ0) is 22.7. The van der Waals surface area contributed by atoms with Gasteiger partial charge in [0, 0.05) is 17.2 Å². The summed E-state index contributed by atoms with van der Waals surface area (Å²) in [4.78, 5) is 4.50. The second-order valence-corrected chi connectivity index (χ2v) is 7.47. The van der Waals surface area contributed by atoms with Crippen LogP contribution in [0.1, 0.15) is 36.4 Å². The van der Waals surface area contributed by atoms with Crippen LogP contribution >= 0.6 is 0 Å². The molecule has 1 aromatic heterocycles. The summed E-state index contributed by atoms with van der Waals surface area (Å²) in [7, 11) is 0. The van der Waals surface area contributed by atoms with Crippen LogP contribution in [-0.2, 0) is 0 Å². The Labute approximate surface area is 171 Å². The molecule has 1 heteroatoms. The molecular formula is C27H23N. The lowest BCUT2D eigenvalue weighted by Gasteiger charge is -2.14. The molecule has 0 saturated carbocycles. The third kappa shape index (κ3) is 2.58. The molecule has 0 fully saturated rings. The molecule has 1 heterocycles. The van der Waals surface area contributed by atoms with E-state index in [0.29, 0.717) is 11.3 Å². The van der Waals surface area contributed by atoms with Crippen molar-refractivity contribution in [3.63, 3.8) is 0 Å². The van der Waals surface area contributed by atoms with E-state index in [4.69, 9.17) is 5.48 Å². The van der Waals surface area contributed by atoms with E-state index in [1.807, 2.05) is 12.1 Å². The summed E-state index contributed by atoms with van der Waals surface area (Å²) in [5.74, 6) is -1.05. The number of hydrogen-bond donors (Lipinski definition) is 0. The molecule has 136 valence electrons. The number of rotatable bonds is 2. The van der Waals surface area contributed by atoms with Crippen molar-refractivity contribution in [2.24, 2.45) is 0 Å². The molecule has 0 saturated heterocycles. The first-order valence-electron chi connectivity index (χ1n) is 11.5. The molecule has 0 atom stereocenters. The van der Waals surface area contributed by atoms with Crippen LogP contribution in [-0.4, -0.2) is 4.98 Å². The molecule has 0 amide bonds. The van der Waals surface area contributed by atoms with Crippen molar-refractivity contribution in [1.29, 1.82) is 0 Å². The van der Waals surface area contributed by atoms with Crippen molar-refractivity contribution in [2.45, 2.75) is 26.6 Å². The Kier molecular flexibility index (Phi) is 3.01. The highest BCUT2D eigenvalue weighted by molar-refractivity contribution is 6.25. The fourth-order valence-corrected chi connectivity index (χ4v) is 4.09. The van der Waals surface area contributed by atoms with E-state index in [1.165, 1.54) is 33.1 Å². The van der Waals surface area contributed by atoms with Gasteiger partial charge in [-0.05, 0) is 68.3 Å². The minimum absolute atomic E-state index is 0.137. The fraction of sp³-hybridized carbons (Fsp3) is 0.148. The topological polar surface area (TPSA) is 12.9 Å². The van der Waals surface area contributed by atoms with Gasteiger partial charge < -0.3 is 0 Å². The summed E-state index contributed by atoms with van der Waals surface area (Å²) >= 11 is 0. The maximum atomic E-state index is 8.50. The van der Waals surface area contributed by atoms with Crippen molar-refractivity contribution >= 4 is 32.3 Å². The number of aryl methyl sites for hydroxylation is 1. The second-order valence-electron chi connectivity index (χ2n) is 7.47. The Balaban J connectivity index is 1.80. The molecule has 0 radical (unpaired) electrons. The Morgan fingerprint density at radius 1 is 0.750 bits per heavy atom. The van der Waals surface area contributed by atoms with E-state index in [-0.39, 0.29) is 5.56 Å². The fourth-order valence-electron chi connectivity index (χ4n) is 4.09. The Hall–Kier alpha value is -3.19. The minimum Gasteiger partial charge on any atom is -0.256 e.